The minimum atomic E-state index is -0.174. The Balaban J connectivity index is 1.63. The van der Waals surface area contributed by atoms with Crippen molar-refractivity contribution in [3.8, 4) is 10.6 Å². The number of nitrogens with one attached hydrogen (secondary N) is 1. The average molecular weight is 346 g/mol. The molecule has 5 nitrogen and oxygen atoms in total. The Morgan fingerprint density at radius 3 is 2.72 bits per heavy atom. The van der Waals surface area contributed by atoms with Crippen LogP contribution >= 0.6 is 11.3 Å². The quantitative estimate of drug-likeness (QED) is 0.600. The molecule has 0 saturated heterocycles. The standard InChI is InChI=1S/C19H14N4OS/c1-12-4-5-15(14-3-2-8-21-17(12)14)23-18(24)16-11-22-19(25-16)13-6-9-20-10-7-13/h2-11H,1H3,(H,23,24). The van der Waals surface area contributed by atoms with Gasteiger partial charge in [0.1, 0.15) is 9.88 Å². The SMILES string of the molecule is Cc1ccc(NC(=O)c2cnc(-c3ccncc3)s2)c2cccnc12. The molecule has 4 rings (SSSR count). The van der Waals surface area contributed by atoms with Crippen molar-refractivity contribution in [3.05, 3.63) is 71.6 Å². The van der Waals surface area contributed by atoms with Crippen LogP contribution in [0.15, 0.2) is 61.2 Å². The molecule has 0 radical (unpaired) electrons. The van der Waals surface area contributed by atoms with Crippen LogP contribution < -0.4 is 5.32 Å². The second kappa shape index (κ2) is 6.41. The molecule has 6 heteroatoms. The molecule has 3 aromatic heterocycles. The molecule has 0 saturated carbocycles. The van der Waals surface area contributed by atoms with Crippen LogP contribution in [0.3, 0.4) is 0 Å². The fraction of sp³-hybridized carbons (Fsp3) is 0.0526. The van der Waals surface area contributed by atoms with Crippen molar-refractivity contribution >= 4 is 33.8 Å². The molecular formula is C19H14N4OS. The number of hydrogen-bond donors (Lipinski definition) is 1. The predicted molar refractivity (Wildman–Crippen MR) is 99.8 cm³/mol. The van der Waals surface area contributed by atoms with E-state index in [1.54, 1.807) is 24.8 Å². The number of aryl methyl sites for hydroxylation is 1. The molecule has 0 spiro atoms. The highest BCUT2D eigenvalue weighted by Gasteiger charge is 2.14. The van der Waals surface area contributed by atoms with E-state index >= 15 is 0 Å². The van der Waals surface area contributed by atoms with E-state index in [1.807, 2.05) is 43.3 Å². The number of anilines is 1. The van der Waals surface area contributed by atoms with Gasteiger partial charge in [0, 0.05) is 29.5 Å². The fourth-order valence-corrected chi connectivity index (χ4v) is 3.43. The predicted octanol–water partition coefficient (Wildman–Crippen LogP) is 4.31. The zero-order chi connectivity index (χ0) is 17.2. The molecule has 0 fully saturated rings. The Labute approximate surface area is 148 Å². The van der Waals surface area contributed by atoms with Gasteiger partial charge in [-0.05, 0) is 42.8 Å². The van der Waals surface area contributed by atoms with Crippen LogP contribution in [0.5, 0.6) is 0 Å². The number of aromatic nitrogens is 3. The van der Waals surface area contributed by atoms with E-state index in [-0.39, 0.29) is 5.91 Å². The van der Waals surface area contributed by atoms with Gasteiger partial charge in [0.05, 0.1) is 17.4 Å². The molecule has 1 N–H and O–H groups in total. The zero-order valence-electron chi connectivity index (χ0n) is 13.4. The van der Waals surface area contributed by atoms with Gasteiger partial charge in [0.25, 0.3) is 5.91 Å². The molecule has 0 aliphatic rings. The van der Waals surface area contributed by atoms with E-state index in [4.69, 9.17) is 0 Å². The number of rotatable bonds is 3. The Morgan fingerprint density at radius 2 is 1.88 bits per heavy atom. The molecule has 25 heavy (non-hydrogen) atoms. The van der Waals surface area contributed by atoms with Crippen LogP contribution in [0.25, 0.3) is 21.5 Å². The highest BCUT2D eigenvalue weighted by Crippen LogP contribution is 2.27. The lowest BCUT2D eigenvalue weighted by molar-refractivity contribution is 0.103. The van der Waals surface area contributed by atoms with Crippen molar-refractivity contribution < 1.29 is 4.79 Å². The first kappa shape index (κ1) is 15.4. The third-order valence-corrected chi connectivity index (χ3v) is 4.92. The third kappa shape index (κ3) is 2.99. The van der Waals surface area contributed by atoms with Gasteiger partial charge in [-0.3, -0.25) is 14.8 Å². The molecule has 0 atom stereocenters. The second-order valence-corrected chi connectivity index (χ2v) is 6.58. The van der Waals surface area contributed by atoms with Crippen molar-refractivity contribution in [2.75, 3.05) is 5.32 Å². The maximum atomic E-state index is 12.6. The summed E-state index contributed by atoms with van der Waals surface area (Å²) < 4.78 is 0. The molecule has 122 valence electrons. The number of carbonyl (C=O) groups is 1. The van der Waals surface area contributed by atoms with Gasteiger partial charge in [-0.2, -0.15) is 0 Å². The van der Waals surface area contributed by atoms with Gasteiger partial charge in [-0.15, -0.1) is 11.3 Å². The van der Waals surface area contributed by atoms with E-state index in [0.717, 1.165) is 32.7 Å². The van der Waals surface area contributed by atoms with Crippen molar-refractivity contribution in [1.29, 1.82) is 0 Å². The third-order valence-electron chi connectivity index (χ3n) is 3.88. The minimum Gasteiger partial charge on any atom is -0.321 e. The topological polar surface area (TPSA) is 67.8 Å². The van der Waals surface area contributed by atoms with Crippen LogP contribution in [0.4, 0.5) is 5.69 Å². The van der Waals surface area contributed by atoms with Crippen molar-refractivity contribution in [1.82, 2.24) is 15.0 Å². The summed E-state index contributed by atoms with van der Waals surface area (Å²) in [4.78, 5) is 25.9. The first-order valence-corrected chi connectivity index (χ1v) is 8.56. The number of amides is 1. The van der Waals surface area contributed by atoms with E-state index in [1.165, 1.54) is 11.3 Å². The number of pyridine rings is 2. The smallest absolute Gasteiger partial charge is 0.267 e. The van der Waals surface area contributed by atoms with Gasteiger partial charge in [0.2, 0.25) is 0 Å². The van der Waals surface area contributed by atoms with E-state index in [9.17, 15) is 4.79 Å². The van der Waals surface area contributed by atoms with Crippen molar-refractivity contribution in [2.45, 2.75) is 6.92 Å². The Hall–Kier alpha value is -3.12. The fourth-order valence-electron chi connectivity index (χ4n) is 2.61. The highest BCUT2D eigenvalue weighted by atomic mass is 32.1. The molecule has 1 amide bonds. The van der Waals surface area contributed by atoms with E-state index in [0.29, 0.717) is 4.88 Å². The maximum Gasteiger partial charge on any atom is 0.267 e. The lowest BCUT2D eigenvalue weighted by Gasteiger charge is -2.09. The van der Waals surface area contributed by atoms with E-state index < -0.39 is 0 Å². The Morgan fingerprint density at radius 1 is 1.04 bits per heavy atom. The summed E-state index contributed by atoms with van der Waals surface area (Å²) in [7, 11) is 0. The highest BCUT2D eigenvalue weighted by molar-refractivity contribution is 7.17. The van der Waals surface area contributed by atoms with Gasteiger partial charge < -0.3 is 5.32 Å². The maximum absolute atomic E-state index is 12.6. The number of nitrogens with zero attached hydrogens (tertiary/aromatic N) is 3. The molecular weight excluding hydrogens is 332 g/mol. The molecule has 3 heterocycles. The number of benzene rings is 1. The van der Waals surface area contributed by atoms with E-state index in [2.05, 4.69) is 20.3 Å². The minimum absolute atomic E-state index is 0.174. The van der Waals surface area contributed by atoms with Gasteiger partial charge >= 0.3 is 0 Å². The van der Waals surface area contributed by atoms with Crippen LogP contribution in [-0.2, 0) is 0 Å². The molecule has 0 unspecified atom stereocenters. The lowest BCUT2D eigenvalue weighted by Crippen LogP contribution is -2.10. The second-order valence-electron chi connectivity index (χ2n) is 5.55. The summed E-state index contributed by atoms with van der Waals surface area (Å²) in [5.41, 5.74) is 3.66. The monoisotopic (exact) mass is 346 g/mol. The number of carbonyl (C=O) groups excluding carboxylic acids is 1. The van der Waals surface area contributed by atoms with Crippen LogP contribution in [0, 0.1) is 6.92 Å². The molecule has 0 aliphatic heterocycles. The van der Waals surface area contributed by atoms with Gasteiger partial charge in [0.15, 0.2) is 0 Å². The average Bonchev–Trinajstić information content (AvgIpc) is 3.15. The molecule has 0 bridgehead atoms. The zero-order valence-corrected chi connectivity index (χ0v) is 14.2. The lowest BCUT2D eigenvalue weighted by atomic mass is 10.1. The largest absolute Gasteiger partial charge is 0.321 e. The Bertz CT molecular complexity index is 1060. The number of hydrogen-bond acceptors (Lipinski definition) is 5. The molecule has 4 aromatic rings. The summed E-state index contributed by atoms with van der Waals surface area (Å²) in [5.74, 6) is -0.174. The molecule has 0 aliphatic carbocycles. The first-order chi connectivity index (χ1) is 12.2. The van der Waals surface area contributed by atoms with Gasteiger partial charge in [-0.25, -0.2) is 4.98 Å². The molecule has 1 aromatic carbocycles. The van der Waals surface area contributed by atoms with Crippen molar-refractivity contribution in [2.24, 2.45) is 0 Å². The van der Waals surface area contributed by atoms with Crippen molar-refractivity contribution in [3.63, 3.8) is 0 Å². The number of thiazole rings is 1. The summed E-state index contributed by atoms with van der Waals surface area (Å²) in [6, 6.07) is 11.4. The first-order valence-electron chi connectivity index (χ1n) is 7.74. The summed E-state index contributed by atoms with van der Waals surface area (Å²) in [5, 5.41) is 4.69. The van der Waals surface area contributed by atoms with Crippen LogP contribution in [-0.4, -0.2) is 20.9 Å². The van der Waals surface area contributed by atoms with Gasteiger partial charge in [-0.1, -0.05) is 6.07 Å². The van der Waals surface area contributed by atoms with Crippen LogP contribution in [0.2, 0.25) is 0 Å². The summed E-state index contributed by atoms with van der Waals surface area (Å²) in [6.07, 6.45) is 6.78. The Kier molecular flexibility index (Phi) is 3.95. The van der Waals surface area contributed by atoms with Crippen LogP contribution in [0.1, 0.15) is 15.2 Å². The summed E-state index contributed by atoms with van der Waals surface area (Å²) >= 11 is 1.36. The normalized spacial score (nSPS) is 10.8. The summed E-state index contributed by atoms with van der Waals surface area (Å²) in [6.45, 7) is 2.01. The number of fused-ring (bicyclic) bond motifs is 1.